The zero-order chi connectivity index (χ0) is 14.7. The van der Waals surface area contributed by atoms with Crippen LogP contribution in [0.2, 0.25) is 0 Å². The molecule has 0 aliphatic heterocycles. The molecular weight excluding hydrogens is 244 g/mol. The van der Waals surface area contributed by atoms with Crippen LogP contribution in [0, 0.1) is 5.41 Å². The van der Waals surface area contributed by atoms with Crippen molar-refractivity contribution in [3.05, 3.63) is 0 Å². The molecule has 0 bridgehead atoms. The molecule has 0 amide bonds. The second-order valence-electron chi connectivity index (χ2n) is 5.21. The Morgan fingerprint density at radius 2 is 1.63 bits per heavy atom. The van der Waals surface area contributed by atoms with Crippen LogP contribution in [0.25, 0.3) is 0 Å². The van der Waals surface area contributed by atoms with Crippen LogP contribution in [0.15, 0.2) is 0 Å². The van der Waals surface area contributed by atoms with Gasteiger partial charge in [-0.25, -0.2) is 0 Å². The Morgan fingerprint density at radius 1 is 1.05 bits per heavy atom. The summed E-state index contributed by atoms with van der Waals surface area (Å²) in [5.74, 6) is -1.32. The van der Waals surface area contributed by atoms with Gasteiger partial charge in [0.05, 0.1) is 18.9 Å². The summed E-state index contributed by atoms with van der Waals surface area (Å²) in [6.07, 6.45) is 7.75. The van der Waals surface area contributed by atoms with E-state index in [1.54, 1.807) is 0 Å². The summed E-state index contributed by atoms with van der Waals surface area (Å²) >= 11 is 0. The predicted molar refractivity (Wildman–Crippen MR) is 75.0 cm³/mol. The van der Waals surface area contributed by atoms with E-state index in [0.717, 1.165) is 19.3 Å². The minimum Gasteiger partial charge on any atom is -0.481 e. The van der Waals surface area contributed by atoms with Gasteiger partial charge in [-0.05, 0) is 12.8 Å². The molecule has 0 aliphatic carbocycles. The first-order valence-electron chi connectivity index (χ1n) is 7.32. The molecule has 4 heteroatoms. The number of carboxylic acids is 1. The molecule has 1 atom stereocenters. The first-order valence-corrected chi connectivity index (χ1v) is 7.32. The summed E-state index contributed by atoms with van der Waals surface area (Å²) < 4.78 is 4.80. The van der Waals surface area contributed by atoms with Crippen LogP contribution in [0.4, 0.5) is 0 Å². The molecule has 0 spiro atoms. The lowest BCUT2D eigenvalue weighted by molar-refractivity contribution is -0.159. The first kappa shape index (κ1) is 17.9. The molecule has 0 radical (unpaired) electrons. The maximum absolute atomic E-state index is 11.9. The van der Waals surface area contributed by atoms with Crippen molar-refractivity contribution in [3.63, 3.8) is 0 Å². The van der Waals surface area contributed by atoms with E-state index >= 15 is 0 Å². The van der Waals surface area contributed by atoms with Crippen molar-refractivity contribution in [2.24, 2.45) is 5.41 Å². The number of carbonyl (C=O) groups excluding carboxylic acids is 1. The molecule has 0 saturated heterocycles. The van der Waals surface area contributed by atoms with E-state index in [-0.39, 0.29) is 12.4 Å². The number of aliphatic carboxylic acids is 1. The molecule has 0 fully saturated rings. The molecule has 0 aromatic carbocycles. The molecule has 1 unspecified atom stereocenters. The number of ether oxygens (including phenoxy) is 1. The molecular formula is C15H28O4. The van der Waals surface area contributed by atoms with Gasteiger partial charge in [-0.1, -0.05) is 52.4 Å². The second-order valence-corrected chi connectivity index (χ2v) is 5.21. The monoisotopic (exact) mass is 272 g/mol. The van der Waals surface area contributed by atoms with E-state index in [9.17, 15) is 9.59 Å². The summed E-state index contributed by atoms with van der Waals surface area (Å²) in [5.41, 5.74) is -0.842. The fraction of sp³-hybridized carbons (Fsp3) is 0.867. The topological polar surface area (TPSA) is 63.6 Å². The van der Waals surface area contributed by atoms with Gasteiger partial charge in [-0.2, -0.15) is 0 Å². The Balaban J connectivity index is 4.33. The van der Waals surface area contributed by atoms with Crippen LogP contribution in [0.1, 0.15) is 71.6 Å². The van der Waals surface area contributed by atoms with Crippen molar-refractivity contribution >= 4 is 11.9 Å². The molecule has 0 aromatic heterocycles. The van der Waals surface area contributed by atoms with E-state index in [0.29, 0.717) is 12.8 Å². The summed E-state index contributed by atoms with van der Waals surface area (Å²) in [5, 5.41) is 8.99. The van der Waals surface area contributed by atoms with Gasteiger partial charge < -0.3 is 9.84 Å². The van der Waals surface area contributed by atoms with Crippen molar-refractivity contribution in [3.8, 4) is 0 Å². The standard InChI is InChI=1S/C15H28O4/c1-4-6-7-8-9-10-11-15(5-2,12-13(16)17)14(18)19-3/h4-12H2,1-3H3,(H,16,17). The Bertz CT molecular complexity index is 275. The van der Waals surface area contributed by atoms with Gasteiger partial charge in [0, 0.05) is 0 Å². The highest BCUT2D eigenvalue weighted by Gasteiger charge is 2.39. The third kappa shape index (κ3) is 6.60. The Hall–Kier alpha value is -1.06. The van der Waals surface area contributed by atoms with Crippen molar-refractivity contribution in [2.45, 2.75) is 71.6 Å². The average Bonchev–Trinajstić information content (AvgIpc) is 2.39. The Labute approximate surface area is 116 Å². The minimum atomic E-state index is -0.932. The molecule has 112 valence electrons. The highest BCUT2D eigenvalue weighted by atomic mass is 16.5. The molecule has 19 heavy (non-hydrogen) atoms. The zero-order valence-electron chi connectivity index (χ0n) is 12.5. The summed E-state index contributed by atoms with van der Waals surface area (Å²) in [4.78, 5) is 22.8. The van der Waals surface area contributed by atoms with Gasteiger partial charge in [0.1, 0.15) is 0 Å². The number of carboxylic acid groups (broad SMARTS) is 1. The largest absolute Gasteiger partial charge is 0.481 e. The predicted octanol–water partition coefficient (Wildman–Crippen LogP) is 3.78. The van der Waals surface area contributed by atoms with Crippen molar-refractivity contribution in [1.82, 2.24) is 0 Å². The lowest BCUT2D eigenvalue weighted by Crippen LogP contribution is -2.34. The van der Waals surface area contributed by atoms with Gasteiger partial charge in [-0.3, -0.25) is 9.59 Å². The number of esters is 1. The molecule has 0 aromatic rings. The van der Waals surface area contributed by atoms with Crippen LogP contribution < -0.4 is 0 Å². The first-order chi connectivity index (χ1) is 9.02. The van der Waals surface area contributed by atoms with Gasteiger partial charge in [0.15, 0.2) is 0 Å². The van der Waals surface area contributed by atoms with E-state index in [4.69, 9.17) is 9.84 Å². The van der Waals surface area contributed by atoms with Crippen molar-refractivity contribution in [2.75, 3.05) is 7.11 Å². The van der Waals surface area contributed by atoms with Gasteiger partial charge in [0.2, 0.25) is 0 Å². The number of unbranched alkanes of at least 4 members (excludes halogenated alkanes) is 5. The number of carbonyl (C=O) groups is 2. The third-order valence-corrected chi connectivity index (χ3v) is 3.79. The van der Waals surface area contributed by atoms with Crippen LogP contribution in [-0.4, -0.2) is 24.2 Å². The van der Waals surface area contributed by atoms with Crippen molar-refractivity contribution in [1.29, 1.82) is 0 Å². The van der Waals surface area contributed by atoms with Gasteiger partial charge >= 0.3 is 11.9 Å². The molecule has 0 aliphatic rings. The van der Waals surface area contributed by atoms with Gasteiger partial charge in [-0.15, -0.1) is 0 Å². The number of rotatable bonds is 11. The second kappa shape index (κ2) is 9.82. The van der Waals surface area contributed by atoms with Gasteiger partial charge in [0.25, 0.3) is 0 Å². The maximum atomic E-state index is 11.9. The summed E-state index contributed by atoms with van der Waals surface area (Å²) in [6, 6.07) is 0. The highest BCUT2D eigenvalue weighted by molar-refractivity contribution is 5.82. The zero-order valence-corrected chi connectivity index (χ0v) is 12.5. The van der Waals surface area contributed by atoms with Crippen LogP contribution >= 0.6 is 0 Å². The molecule has 4 nitrogen and oxygen atoms in total. The van der Waals surface area contributed by atoms with E-state index in [1.807, 2.05) is 6.92 Å². The quantitative estimate of drug-likeness (QED) is 0.459. The number of hydrogen-bond donors (Lipinski definition) is 1. The molecule has 1 N–H and O–H groups in total. The fourth-order valence-corrected chi connectivity index (χ4v) is 2.46. The van der Waals surface area contributed by atoms with Crippen LogP contribution in [-0.2, 0) is 14.3 Å². The smallest absolute Gasteiger partial charge is 0.312 e. The summed E-state index contributed by atoms with van der Waals surface area (Å²) in [6.45, 7) is 4.03. The average molecular weight is 272 g/mol. The summed E-state index contributed by atoms with van der Waals surface area (Å²) in [7, 11) is 1.33. The SMILES string of the molecule is CCCCCCCCC(CC)(CC(=O)O)C(=O)OC. The lowest BCUT2D eigenvalue weighted by atomic mass is 9.77. The lowest BCUT2D eigenvalue weighted by Gasteiger charge is -2.28. The molecule has 0 rings (SSSR count). The normalized spacial score (nSPS) is 13.8. The van der Waals surface area contributed by atoms with Crippen LogP contribution in [0.3, 0.4) is 0 Å². The fourth-order valence-electron chi connectivity index (χ4n) is 2.46. The van der Waals surface area contributed by atoms with Crippen molar-refractivity contribution < 1.29 is 19.4 Å². The molecule has 0 saturated carbocycles. The minimum absolute atomic E-state index is 0.134. The third-order valence-electron chi connectivity index (χ3n) is 3.79. The maximum Gasteiger partial charge on any atom is 0.312 e. The molecule has 0 heterocycles. The van der Waals surface area contributed by atoms with E-state index < -0.39 is 11.4 Å². The van der Waals surface area contributed by atoms with E-state index in [1.165, 1.54) is 26.4 Å². The van der Waals surface area contributed by atoms with Crippen LogP contribution in [0.5, 0.6) is 0 Å². The van der Waals surface area contributed by atoms with E-state index in [2.05, 4.69) is 6.92 Å². The number of methoxy groups -OCH3 is 1. The Kier molecular flexibility index (Phi) is 9.27. The number of hydrogen-bond acceptors (Lipinski definition) is 3. The highest BCUT2D eigenvalue weighted by Crippen LogP contribution is 2.34. The Morgan fingerprint density at radius 3 is 2.11 bits per heavy atom.